The zero-order valence-electron chi connectivity index (χ0n) is 9.73. The van der Waals surface area contributed by atoms with Crippen LogP contribution in [0.1, 0.15) is 37.2 Å². The number of rotatable bonds is 1. The third-order valence-electron chi connectivity index (χ3n) is 3.58. The van der Waals surface area contributed by atoms with Crippen molar-refractivity contribution in [1.82, 2.24) is 4.98 Å². The average molecular weight is 225 g/mol. The molecule has 0 amide bonds. The van der Waals surface area contributed by atoms with E-state index in [4.69, 9.17) is 0 Å². The highest BCUT2D eigenvalue weighted by molar-refractivity contribution is 5.81. The molecule has 0 saturated heterocycles. The van der Waals surface area contributed by atoms with Crippen molar-refractivity contribution in [3.63, 3.8) is 0 Å². The molecule has 86 valence electrons. The second kappa shape index (κ2) is 4.28. The van der Waals surface area contributed by atoms with Gasteiger partial charge in [-0.3, -0.25) is 9.78 Å². The van der Waals surface area contributed by atoms with Crippen molar-refractivity contribution in [2.24, 2.45) is 0 Å². The number of fused-ring (bicyclic) bond motifs is 1. The number of hydrogen-bond acceptors (Lipinski definition) is 2. The molecule has 1 aromatic heterocycles. The van der Waals surface area contributed by atoms with Gasteiger partial charge in [-0.05, 0) is 42.5 Å². The van der Waals surface area contributed by atoms with Crippen LogP contribution in [0.5, 0.6) is 0 Å². The summed E-state index contributed by atoms with van der Waals surface area (Å²) in [5.41, 5.74) is 2.32. The minimum Gasteiger partial charge on any atom is -0.300 e. The highest BCUT2D eigenvalue weighted by Gasteiger charge is 2.20. The molecule has 0 aliphatic heterocycles. The second-order valence-electron chi connectivity index (χ2n) is 4.79. The summed E-state index contributed by atoms with van der Waals surface area (Å²) in [5.74, 6) is 0.827. The molecular weight excluding hydrogens is 210 g/mol. The number of carbonyl (C=O) groups excluding carboxylic acids is 1. The van der Waals surface area contributed by atoms with Crippen molar-refractivity contribution in [3.8, 4) is 0 Å². The maximum Gasteiger partial charge on any atom is 0.133 e. The van der Waals surface area contributed by atoms with Gasteiger partial charge in [0.2, 0.25) is 0 Å². The third-order valence-corrected chi connectivity index (χ3v) is 3.58. The first kappa shape index (κ1) is 10.5. The Hall–Kier alpha value is -1.70. The molecule has 1 saturated carbocycles. The lowest BCUT2D eigenvalue weighted by molar-refractivity contribution is -0.120. The number of aromatic nitrogens is 1. The minimum atomic E-state index is 0.410. The van der Waals surface area contributed by atoms with E-state index in [2.05, 4.69) is 29.2 Å². The fraction of sp³-hybridized carbons (Fsp3) is 0.333. The van der Waals surface area contributed by atoms with Gasteiger partial charge in [0.25, 0.3) is 0 Å². The van der Waals surface area contributed by atoms with Gasteiger partial charge in [0.1, 0.15) is 5.78 Å². The van der Waals surface area contributed by atoms with Crippen molar-refractivity contribution in [2.75, 3.05) is 0 Å². The number of carbonyl (C=O) groups is 1. The highest BCUT2D eigenvalue weighted by atomic mass is 16.1. The van der Waals surface area contributed by atoms with Crippen LogP contribution in [0.3, 0.4) is 0 Å². The SMILES string of the molecule is O=C1CCCC(c2ccc3ncccc3c2)C1. The topological polar surface area (TPSA) is 30.0 Å². The van der Waals surface area contributed by atoms with E-state index in [0.29, 0.717) is 18.1 Å². The minimum absolute atomic E-state index is 0.410. The van der Waals surface area contributed by atoms with Crippen molar-refractivity contribution < 1.29 is 4.79 Å². The Morgan fingerprint density at radius 1 is 1.24 bits per heavy atom. The monoisotopic (exact) mass is 225 g/mol. The summed E-state index contributed by atoms with van der Waals surface area (Å²) in [6.45, 7) is 0. The van der Waals surface area contributed by atoms with Crippen LogP contribution in [0, 0.1) is 0 Å². The Kier molecular flexibility index (Phi) is 2.63. The largest absolute Gasteiger partial charge is 0.300 e. The lowest BCUT2D eigenvalue weighted by atomic mass is 9.83. The van der Waals surface area contributed by atoms with Crippen LogP contribution in [0.4, 0.5) is 0 Å². The molecule has 1 aliphatic carbocycles. The summed E-state index contributed by atoms with van der Waals surface area (Å²) in [7, 11) is 0. The molecule has 2 aromatic rings. The molecule has 1 atom stereocenters. The Morgan fingerprint density at radius 2 is 2.18 bits per heavy atom. The molecule has 0 N–H and O–H groups in total. The maximum atomic E-state index is 11.5. The molecule has 1 fully saturated rings. The molecule has 1 heterocycles. The third kappa shape index (κ3) is 2.07. The number of Topliss-reactive ketones (excluding diaryl/α,β-unsaturated/α-hetero) is 1. The van der Waals surface area contributed by atoms with Crippen molar-refractivity contribution >= 4 is 16.7 Å². The van der Waals surface area contributed by atoms with Gasteiger partial charge in [0, 0.05) is 24.4 Å². The van der Waals surface area contributed by atoms with Crippen LogP contribution < -0.4 is 0 Å². The summed E-state index contributed by atoms with van der Waals surface area (Å²) in [6.07, 6.45) is 5.47. The standard InChI is InChI=1S/C15H15NO/c17-14-5-1-3-11(10-14)12-6-7-15-13(9-12)4-2-8-16-15/h2,4,6-9,11H,1,3,5,10H2. The Labute approximate surface area is 101 Å². The molecule has 17 heavy (non-hydrogen) atoms. The second-order valence-corrected chi connectivity index (χ2v) is 4.79. The number of hydrogen-bond donors (Lipinski definition) is 0. The number of ketones is 1. The summed E-state index contributed by atoms with van der Waals surface area (Å²) in [5, 5.41) is 1.17. The lowest BCUT2D eigenvalue weighted by Gasteiger charge is -2.21. The van der Waals surface area contributed by atoms with Crippen molar-refractivity contribution in [1.29, 1.82) is 0 Å². The molecule has 1 unspecified atom stereocenters. The maximum absolute atomic E-state index is 11.5. The van der Waals surface area contributed by atoms with Gasteiger partial charge >= 0.3 is 0 Å². The molecule has 3 rings (SSSR count). The van der Waals surface area contributed by atoms with E-state index in [1.807, 2.05) is 12.3 Å². The summed E-state index contributed by atoms with van der Waals surface area (Å²) in [4.78, 5) is 15.8. The van der Waals surface area contributed by atoms with Gasteiger partial charge in [-0.1, -0.05) is 12.1 Å². The summed E-state index contributed by atoms with van der Waals surface area (Å²) < 4.78 is 0. The fourth-order valence-electron chi connectivity index (χ4n) is 2.66. The quantitative estimate of drug-likeness (QED) is 0.744. The number of nitrogens with zero attached hydrogens (tertiary/aromatic N) is 1. The van der Waals surface area contributed by atoms with E-state index in [-0.39, 0.29) is 0 Å². The molecule has 2 nitrogen and oxygen atoms in total. The van der Waals surface area contributed by atoms with Crippen molar-refractivity contribution in [2.45, 2.75) is 31.6 Å². The van der Waals surface area contributed by atoms with Gasteiger partial charge < -0.3 is 0 Å². The van der Waals surface area contributed by atoms with Gasteiger partial charge in [0.05, 0.1) is 5.52 Å². The molecule has 1 aromatic carbocycles. The average Bonchev–Trinajstić information content (AvgIpc) is 2.38. The first-order chi connectivity index (χ1) is 8.33. The van der Waals surface area contributed by atoms with E-state index < -0.39 is 0 Å². The molecule has 2 heteroatoms. The van der Waals surface area contributed by atoms with Crippen LogP contribution in [0.2, 0.25) is 0 Å². The molecule has 0 spiro atoms. The van der Waals surface area contributed by atoms with E-state index in [9.17, 15) is 4.79 Å². The first-order valence-corrected chi connectivity index (χ1v) is 6.19. The molecule has 1 aliphatic rings. The zero-order valence-corrected chi connectivity index (χ0v) is 9.73. The fourth-order valence-corrected chi connectivity index (χ4v) is 2.66. The smallest absolute Gasteiger partial charge is 0.133 e. The number of benzene rings is 1. The van der Waals surface area contributed by atoms with Crippen LogP contribution in [0.25, 0.3) is 10.9 Å². The van der Waals surface area contributed by atoms with Gasteiger partial charge in [0.15, 0.2) is 0 Å². The Bertz CT molecular complexity index is 562. The van der Waals surface area contributed by atoms with E-state index in [0.717, 1.165) is 24.8 Å². The van der Waals surface area contributed by atoms with Gasteiger partial charge in [-0.2, -0.15) is 0 Å². The zero-order chi connectivity index (χ0) is 11.7. The Balaban J connectivity index is 1.97. The number of pyridine rings is 1. The lowest BCUT2D eigenvalue weighted by Crippen LogP contribution is -2.13. The predicted octanol–water partition coefficient (Wildman–Crippen LogP) is 3.46. The van der Waals surface area contributed by atoms with E-state index in [1.54, 1.807) is 0 Å². The van der Waals surface area contributed by atoms with Crippen molar-refractivity contribution in [3.05, 3.63) is 42.1 Å². The summed E-state index contributed by atoms with van der Waals surface area (Å²) >= 11 is 0. The van der Waals surface area contributed by atoms with E-state index in [1.165, 1.54) is 10.9 Å². The molecule has 0 bridgehead atoms. The van der Waals surface area contributed by atoms with Crippen LogP contribution in [0.15, 0.2) is 36.5 Å². The van der Waals surface area contributed by atoms with Crippen LogP contribution in [-0.2, 0) is 4.79 Å². The van der Waals surface area contributed by atoms with Crippen LogP contribution in [-0.4, -0.2) is 10.8 Å². The Morgan fingerprint density at radius 3 is 3.06 bits per heavy atom. The predicted molar refractivity (Wildman–Crippen MR) is 68.0 cm³/mol. The highest BCUT2D eigenvalue weighted by Crippen LogP contribution is 2.32. The van der Waals surface area contributed by atoms with Gasteiger partial charge in [-0.25, -0.2) is 0 Å². The summed E-state index contributed by atoms with van der Waals surface area (Å²) in [6, 6.07) is 10.4. The molecular formula is C15H15NO. The van der Waals surface area contributed by atoms with E-state index >= 15 is 0 Å². The normalized spacial score (nSPS) is 20.7. The van der Waals surface area contributed by atoms with Gasteiger partial charge in [-0.15, -0.1) is 0 Å². The first-order valence-electron chi connectivity index (χ1n) is 6.19. The van der Waals surface area contributed by atoms with Crippen LogP contribution >= 0.6 is 0 Å². The molecule has 0 radical (unpaired) electrons.